The first-order chi connectivity index (χ1) is 22.0. The van der Waals surface area contributed by atoms with E-state index in [-0.39, 0.29) is 49.9 Å². The second-order valence-corrected chi connectivity index (χ2v) is 12.5. The summed E-state index contributed by atoms with van der Waals surface area (Å²) < 4.78 is 5.86. The van der Waals surface area contributed by atoms with Gasteiger partial charge in [-0.25, -0.2) is 0 Å². The van der Waals surface area contributed by atoms with E-state index < -0.39 is 12.0 Å². The van der Waals surface area contributed by atoms with Gasteiger partial charge in [0.25, 0.3) is 0 Å². The SMILES string of the molecule is O=C1NC(CSCc2ccccc2)COC(=O)C(Cc2ccccc2)CCC=CCC1CC(=O)N(CCO)Cc1ccccc1. The molecule has 1 heterocycles. The van der Waals surface area contributed by atoms with Gasteiger partial charge in [-0.15, -0.1) is 0 Å². The predicted molar refractivity (Wildman–Crippen MR) is 179 cm³/mol. The third-order valence-corrected chi connectivity index (χ3v) is 9.04. The van der Waals surface area contributed by atoms with Crippen LogP contribution in [0.4, 0.5) is 0 Å². The van der Waals surface area contributed by atoms with Crippen molar-refractivity contribution in [1.29, 1.82) is 0 Å². The fourth-order valence-electron chi connectivity index (χ4n) is 5.36. The quantitative estimate of drug-likeness (QED) is 0.201. The molecule has 8 heteroatoms. The van der Waals surface area contributed by atoms with Crippen LogP contribution in [0.2, 0.25) is 0 Å². The van der Waals surface area contributed by atoms with Crippen LogP contribution in [-0.2, 0) is 37.8 Å². The van der Waals surface area contributed by atoms with Gasteiger partial charge in [0, 0.05) is 31.0 Å². The molecular formula is C37H44N2O5S. The number of thioether (sulfide) groups is 1. The summed E-state index contributed by atoms with van der Waals surface area (Å²) in [6.07, 6.45) is 6.25. The van der Waals surface area contributed by atoms with E-state index in [1.165, 1.54) is 5.56 Å². The zero-order chi connectivity index (χ0) is 31.7. The van der Waals surface area contributed by atoms with Crippen LogP contribution in [0.3, 0.4) is 0 Å². The lowest BCUT2D eigenvalue weighted by atomic mass is 9.94. The number of hydrogen-bond acceptors (Lipinski definition) is 6. The maximum atomic E-state index is 13.7. The topological polar surface area (TPSA) is 95.9 Å². The number of esters is 1. The molecule has 0 bridgehead atoms. The average Bonchev–Trinajstić information content (AvgIpc) is 3.07. The van der Waals surface area contributed by atoms with Crippen molar-refractivity contribution in [2.75, 3.05) is 25.5 Å². The van der Waals surface area contributed by atoms with E-state index in [0.29, 0.717) is 38.0 Å². The summed E-state index contributed by atoms with van der Waals surface area (Å²) in [6.45, 7) is 0.458. The van der Waals surface area contributed by atoms with Gasteiger partial charge in [0.15, 0.2) is 0 Å². The minimum atomic E-state index is -0.594. The molecule has 3 unspecified atom stereocenters. The van der Waals surface area contributed by atoms with Gasteiger partial charge in [-0.1, -0.05) is 103 Å². The third-order valence-electron chi connectivity index (χ3n) is 7.86. The number of cyclic esters (lactones) is 1. The highest BCUT2D eigenvalue weighted by Crippen LogP contribution is 2.21. The molecule has 4 rings (SSSR count). The first kappa shape index (κ1) is 34.0. The fraction of sp³-hybridized carbons (Fsp3) is 0.378. The number of carbonyl (C=O) groups excluding carboxylic acids is 3. The zero-order valence-electron chi connectivity index (χ0n) is 25.8. The van der Waals surface area contributed by atoms with E-state index >= 15 is 0 Å². The normalized spacial score (nSPS) is 19.4. The van der Waals surface area contributed by atoms with Gasteiger partial charge in [-0.05, 0) is 42.4 Å². The molecule has 0 saturated carbocycles. The summed E-state index contributed by atoms with van der Waals surface area (Å²) in [6, 6.07) is 29.3. The van der Waals surface area contributed by atoms with Crippen LogP contribution >= 0.6 is 11.8 Å². The molecule has 45 heavy (non-hydrogen) atoms. The molecule has 0 fully saturated rings. The number of nitrogens with one attached hydrogen (secondary N) is 1. The van der Waals surface area contributed by atoms with Crippen molar-refractivity contribution in [2.24, 2.45) is 11.8 Å². The molecule has 0 aromatic heterocycles. The van der Waals surface area contributed by atoms with Crippen molar-refractivity contribution in [3.63, 3.8) is 0 Å². The number of carbonyl (C=O) groups is 3. The van der Waals surface area contributed by atoms with Crippen LogP contribution in [0.5, 0.6) is 0 Å². The van der Waals surface area contributed by atoms with E-state index in [4.69, 9.17) is 4.74 Å². The highest BCUT2D eigenvalue weighted by atomic mass is 32.2. The highest BCUT2D eigenvalue weighted by molar-refractivity contribution is 7.98. The molecule has 0 saturated heterocycles. The van der Waals surface area contributed by atoms with Gasteiger partial charge in [0.2, 0.25) is 11.8 Å². The molecule has 0 radical (unpaired) electrons. The predicted octanol–water partition coefficient (Wildman–Crippen LogP) is 5.57. The van der Waals surface area contributed by atoms with E-state index in [9.17, 15) is 19.5 Å². The molecule has 2 amide bonds. The Morgan fingerprint density at radius 1 is 0.867 bits per heavy atom. The van der Waals surface area contributed by atoms with Gasteiger partial charge in [-0.2, -0.15) is 11.8 Å². The highest BCUT2D eigenvalue weighted by Gasteiger charge is 2.28. The van der Waals surface area contributed by atoms with Gasteiger partial charge < -0.3 is 20.1 Å². The average molecular weight is 629 g/mol. The summed E-state index contributed by atoms with van der Waals surface area (Å²) in [5.74, 6) is -0.257. The lowest BCUT2D eigenvalue weighted by Crippen LogP contribution is -2.45. The number of allylic oxidation sites excluding steroid dienone is 2. The smallest absolute Gasteiger partial charge is 0.309 e. The van der Waals surface area contributed by atoms with Crippen LogP contribution in [0, 0.1) is 11.8 Å². The lowest BCUT2D eigenvalue weighted by Gasteiger charge is -2.26. The monoisotopic (exact) mass is 628 g/mol. The number of rotatable bonds is 12. The Hall–Kier alpha value is -3.88. The van der Waals surface area contributed by atoms with Crippen molar-refractivity contribution < 1.29 is 24.2 Å². The van der Waals surface area contributed by atoms with Crippen molar-refractivity contribution in [2.45, 2.75) is 50.4 Å². The molecule has 1 aliphatic rings. The summed E-state index contributed by atoms with van der Waals surface area (Å²) >= 11 is 1.67. The lowest BCUT2D eigenvalue weighted by molar-refractivity contribution is -0.150. The van der Waals surface area contributed by atoms with Gasteiger partial charge in [0.05, 0.1) is 24.5 Å². The maximum absolute atomic E-state index is 13.7. The Kier molecular flexibility index (Phi) is 14.2. The first-order valence-corrected chi connectivity index (χ1v) is 16.9. The molecule has 3 aromatic carbocycles. The van der Waals surface area contributed by atoms with Crippen molar-refractivity contribution in [1.82, 2.24) is 10.2 Å². The van der Waals surface area contributed by atoms with Crippen molar-refractivity contribution >= 4 is 29.5 Å². The molecule has 1 aliphatic heterocycles. The summed E-state index contributed by atoms with van der Waals surface area (Å²) in [5, 5.41) is 12.8. The molecule has 238 valence electrons. The van der Waals surface area contributed by atoms with Crippen LogP contribution in [0.1, 0.15) is 42.4 Å². The minimum Gasteiger partial charge on any atom is -0.463 e. The summed E-state index contributed by atoms with van der Waals surface area (Å²) in [5.41, 5.74) is 3.22. The Balaban J connectivity index is 1.48. The number of ether oxygens (including phenoxy) is 1. The molecule has 2 N–H and O–H groups in total. The molecule has 3 aromatic rings. The Morgan fingerprint density at radius 3 is 2.18 bits per heavy atom. The Bertz CT molecular complexity index is 1350. The largest absolute Gasteiger partial charge is 0.463 e. The Labute approximate surface area is 271 Å². The van der Waals surface area contributed by atoms with E-state index in [1.54, 1.807) is 16.7 Å². The number of aliphatic hydroxyl groups is 1. The number of nitrogens with zero attached hydrogens (tertiary/aromatic N) is 1. The number of benzene rings is 3. The van der Waals surface area contributed by atoms with Gasteiger partial charge in [-0.3, -0.25) is 14.4 Å². The number of aliphatic hydroxyl groups excluding tert-OH is 1. The maximum Gasteiger partial charge on any atom is 0.309 e. The number of amides is 2. The molecule has 0 spiro atoms. The minimum absolute atomic E-state index is 0.0172. The standard InChI is InChI=1S/C37H44N2O5S/c40-22-21-39(25-30-15-7-2-8-16-30)35(41)24-32-19-11-4-12-20-33(23-29-13-5-1-6-14-29)37(43)44-26-34(38-36(32)42)28-45-27-31-17-9-3-10-18-31/h1-11,13-18,32-34,40H,12,19-28H2,(H,38,42). The van der Waals surface area contributed by atoms with Crippen molar-refractivity contribution in [3.8, 4) is 0 Å². The van der Waals surface area contributed by atoms with Crippen LogP contribution in [0.15, 0.2) is 103 Å². The van der Waals surface area contributed by atoms with E-state index in [0.717, 1.165) is 16.9 Å². The summed E-state index contributed by atoms with van der Waals surface area (Å²) in [7, 11) is 0. The second-order valence-electron chi connectivity index (χ2n) is 11.4. The second kappa shape index (κ2) is 18.8. The summed E-state index contributed by atoms with van der Waals surface area (Å²) in [4.78, 5) is 42.1. The van der Waals surface area contributed by atoms with Crippen LogP contribution < -0.4 is 5.32 Å². The van der Waals surface area contributed by atoms with Crippen molar-refractivity contribution in [3.05, 3.63) is 120 Å². The zero-order valence-corrected chi connectivity index (χ0v) is 26.6. The molecule has 3 atom stereocenters. The van der Waals surface area contributed by atoms with Crippen LogP contribution in [-0.4, -0.2) is 59.3 Å². The first-order valence-electron chi connectivity index (χ1n) is 15.7. The molecular weight excluding hydrogens is 584 g/mol. The van der Waals surface area contributed by atoms with Gasteiger partial charge in [0.1, 0.15) is 6.61 Å². The fourth-order valence-corrected chi connectivity index (χ4v) is 6.37. The van der Waals surface area contributed by atoms with Crippen LogP contribution in [0.25, 0.3) is 0 Å². The third kappa shape index (κ3) is 11.9. The molecule has 0 aliphatic carbocycles. The Morgan fingerprint density at radius 2 is 1.51 bits per heavy atom. The molecule has 7 nitrogen and oxygen atoms in total. The van der Waals surface area contributed by atoms with E-state index in [2.05, 4.69) is 17.4 Å². The van der Waals surface area contributed by atoms with E-state index in [1.807, 2.05) is 91.0 Å². The van der Waals surface area contributed by atoms with Gasteiger partial charge >= 0.3 is 5.97 Å². The number of hydrogen-bond donors (Lipinski definition) is 2.